The number of carbonyl (C=O) groups is 1. The summed E-state index contributed by atoms with van der Waals surface area (Å²) in [5.41, 5.74) is 2.60. The summed E-state index contributed by atoms with van der Waals surface area (Å²) in [7, 11) is 4.29. The van der Waals surface area contributed by atoms with Crippen LogP contribution in [-0.4, -0.2) is 37.4 Å². The Bertz CT molecular complexity index is 817. The number of quaternary nitrogens is 1. The lowest BCUT2D eigenvalue weighted by Crippen LogP contribution is -2.44. The summed E-state index contributed by atoms with van der Waals surface area (Å²) in [5, 5.41) is 0. The summed E-state index contributed by atoms with van der Waals surface area (Å²) in [6.45, 7) is 7.54. The van der Waals surface area contributed by atoms with Gasteiger partial charge in [-0.3, -0.25) is 4.79 Å². The molecule has 4 nitrogen and oxygen atoms in total. The molecule has 2 aromatic rings. The zero-order chi connectivity index (χ0) is 24.8. The van der Waals surface area contributed by atoms with Gasteiger partial charge in [-0.15, -0.1) is 0 Å². The molecule has 0 aliphatic carbocycles. The van der Waals surface area contributed by atoms with Gasteiger partial charge in [-0.1, -0.05) is 87.9 Å². The number of ether oxygens (including phenoxy) is 2. The molecular formula is C30H46NO3+. The van der Waals surface area contributed by atoms with E-state index >= 15 is 0 Å². The van der Waals surface area contributed by atoms with Gasteiger partial charge in [0.05, 0.1) is 20.6 Å². The highest BCUT2D eigenvalue weighted by atomic mass is 16.7. The van der Waals surface area contributed by atoms with Crippen LogP contribution in [-0.2, 0) is 22.5 Å². The smallest absolute Gasteiger partial charge is 0.317 e. The molecule has 0 aliphatic rings. The van der Waals surface area contributed by atoms with Crippen LogP contribution in [0.5, 0.6) is 5.75 Å². The molecule has 0 saturated heterocycles. The number of hydrogen-bond acceptors (Lipinski definition) is 3. The van der Waals surface area contributed by atoms with E-state index < -0.39 is 6.29 Å². The molecule has 2 unspecified atom stereocenters. The summed E-state index contributed by atoms with van der Waals surface area (Å²) in [4.78, 5) is 12.6. The first kappa shape index (κ1) is 27.9. The first-order valence-electron chi connectivity index (χ1n) is 13.1. The van der Waals surface area contributed by atoms with Crippen molar-refractivity contribution in [3.05, 3.63) is 65.7 Å². The van der Waals surface area contributed by atoms with E-state index in [-0.39, 0.29) is 11.9 Å². The van der Waals surface area contributed by atoms with Gasteiger partial charge in [0.2, 0.25) is 6.29 Å². The largest absolute Gasteiger partial charge is 0.455 e. The van der Waals surface area contributed by atoms with Gasteiger partial charge in [0.15, 0.2) is 0 Å². The molecule has 0 aliphatic heterocycles. The standard InChI is InChI=1S/C30H46NO3/c1-6-7-8-9-10-11-13-16-27-19-21-29(22-20-27)33-26(3)34-30(32)25(2)23-31(4,5)24-28-17-14-12-15-18-28/h12,14-15,17-22,25-26H,6-11,13,16,23-24H2,1-5H3/q+1. The molecule has 0 aromatic heterocycles. The zero-order valence-corrected chi connectivity index (χ0v) is 22.1. The van der Waals surface area contributed by atoms with E-state index in [9.17, 15) is 4.79 Å². The van der Waals surface area contributed by atoms with Crippen molar-refractivity contribution in [2.45, 2.75) is 85.0 Å². The maximum Gasteiger partial charge on any atom is 0.317 e. The maximum absolute atomic E-state index is 12.6. The second kappa shape index (κ2) is 14.8. The SMILES string of the molecule is CCCCCCCCCc1ccc(OC(C)OC(=O)C(C)C[N+](C)(C)Cc2ccccc2)cc1. The molecule has 0 fully saturated rings. The fourth-order valence-corrected chi connectivity index (χ4v) is 4.47. The quantitative estimate of drug-likeness (QED) is 0.113. The van der Waals surface area contributed by atoms with Gasteiger partial charge in [-0.25, -0.2) is 0 Å². The van der Waals surface area contributed by atoms with Crippen molar-refractivity contribution in [3.63, 3.8) is 0 Å². The molecule has 2 atom stereocenters. The van der Waals surface area contributed by atoms with E-state index in [2.05, 4.69) is 45.3 Å². The number of hydrogen-bond donors (Lipinski definition) is 0. The second-order valence-electron chi connectivity index (χ2n) is 10.3. The van der Waals surface area contributed by atoms with E-state index in [0.29, 0.717) is 6.54 Å². The molecule has 2 rings (SSSR count). The Balaban J connectivity index is 1.70. The van der Waals surface area contributed by atoms with Crippen LogP contribution in [0.25, 0.3) is 0 Å². The first-order valence-corrected chi connectivity index (χ1v) is 13.1. The van der Waals surface area contributed by atoms with Crippen LogP contribution in [0.2, 0.25) is 0 Å². The minimum Gasteiger partial charge on any atom is -0.455 e. The van der Waals surface area contributed by atoms with Crippen molar-refractivity contribution in [1.29, 1.82) is 0 Å². The van der Waals surface area contributed by atoms with E-state index in [1.807, 2.05) is 37.3 Å². The van der Waals surface area contributed by atoms with Gasteiger partial charge in [0.1, 0.15) is 18.2 Å². The average Bonchev–Trinajstić information content (AvgIpc) is 2.79. The molecular weight excluding hydrogens is 422 g/mol. The van der Waals surface area contributed by atoms with Crippen molar-refractivity contribution in [3.8, 4) is 5.75 Å². The van der Waals surface area contributed by atoms with E-state index in [1.165, 1.54) is 56.1 Å². The highest BCUT2D eigenvalue weighted by Gasteiger charge is 2.27. The van der Waals surface area contributed by atoms with Crippen LogP contribution in [0.4, 0.5) is 0 Å². The molecule has 188 valence electrons. The minimum absolute atomic E-state index is 0.214. The van der Waals surface area contributed by atoms with E-state index in [0.717, 1.165) is 23.2 Å². The maximum atomic E-state index is 12.6. The summed E-state index contributed by atoms with van der Waals surface area (Å²) < 4.78 is 12.2. The van der Waals surface area contributed by atoms with Gasteiger partial charge in [0, 0.05) is 12.5 Å². The molecule has 2 aromatic carbocycles. The molecule has 0 bridgehead atoms. The third-order valence-electron chi connectivity index (χ3n) is 6.20. The topological polar surface area (TPSA) is 35.5 Å². The minimum atomic E-state index is -0.617. The van der Waals surface area contributed by atoms with Crippen molar-refractivity contribution in [2.24, 2.45) is 5.92 Å². The third kappa shape index (κ3) is 11.2. The van der Waals surface area contributed by atoms with E-state index in [4.69, 9.17) is 9.47 Å². The Labute approximate surface area is 207 Å². The molecule has 0 N–H and O–H groups in total. The number of nitrogens with zero attached hydrogens (tertiary/aromatic N) is 1. The van der Waals surface area contributed by atoms with Crippen LogP contribution in [0.1, 0.15) is 76.8 Å². The van der Waals surface area contributed by atoms with Gasteiger partial charge in [-0.2, -0.15) is 0 Å². The molecule has 0 spiro atoms. The molecule has 0 heterocycles. The van der Waals surface area contributed by atoms with Crippen LogP contribution in [0.15, 0.2) is 54.6 Å². The van der Waals surface area contributed by atoms with Crippen molar-refractivity contribution in [1.82, 2.24) is 0 Å². The Morgan fingerprint density at radius 1 is 0.824 bits per heavy atom. The van der Waals surface area contributed by atoms with Crippen LogP contribution in [0.3, 0.4) is 0 Å². The van der Waals surface area contributed by atoms with E-state index in [1.54, 1.807) is 6.92 Å². The third-order valence-corrected chi connectivity index (χ3v) is 6.20. The monoisotopic (exact) mass is 468 g/mol. The summed E-state index contributed by atoms with van der Waals surface area (Å²) in [6, 6.07) is 18.6. The van der Waals surface area contributed by atoms with Gasteiger partial charge < -0.3 is 14.0 Å². The predicted octanol–water partition coefficient (Wildman–Crippen LogP) is 7.16. The Kier molecular flexibility index (Phi) is 12.2. The fraction of sp³-hybridized carbons (Fsp3) is 0.567. The predicted molar refractivity (Wildman–Crippen MR) is 141 cm³/mol. The number of unbranched alkanes of at least 4 members (excludes halogenated alkanes) is 6. The average molecular weight is 469 g/mol. The van der Waals surface area contributed by atoms with Gasteiger partial charge in [-0.05, 0) is 37.5 Å². The van der Waals surface area contributed by atoms with Crippen molar-refractivity contribution >= 4 is 5.97 Å². The zero-order valence-electron chi connectivity index (χ0n) is 22.1. The normalized spacial score (nSPS) is 13.3. The Hall–Kier alpha value is -2.33. The van der Waals surface area contributed by atoms with Gasteiger partial charge >= 0.3 is 5.97 Å². The number of benzene rings is 2. The van der Waals surface area contributed by atoms with Crippen LogP contribution < -0.4 is 4.74 Å². The highest BCUT2D eigenvalue weighted by Crippen LogP contribution is 2.18. The van der Waals surface area contributed by atoms with Crippen LogP contribution >= 0.6 is 0 Å². The lowest BCUT2D eigenvalue weighted by Gasteiger charge is -2.32. The fourth-order valence-electron chi connectivity index (χ4n) is 4.47. The lowest BCUT2D eigenvalue weighted by atomic mass is 10.0. The van der Waals surface area contributed by atoms with Gasteiger partial charge in [0.25, 0.3) is 0 Å². The number of aryl methyl sites for hydroxylation is 1. The lowest BCUT2D eigenvalue weighted by molar-refractivity contribution is -0.905. The van der Waals surface area contributed by atoms with Crippen LogP contribution in [0, 0.1) is 5.92 Å². The molecule has 0 radical (unpaired) electrons. The van der Waals surface area contributed by atoms with Crippen molar-refractivity contribution in [2.75, 3.05) is 20.6 Å². The summed E-state index contributed by atoms with van der Waals surface area (Å²) in [5.74, 6) is 0.299. The first-order chi connectivity index (χ1) is 16.3. The molecule has 0 saturated carbocycles. The number of esters is 1. The second-order valence-corrected chi connectivity index (χ2v) is 10.3. The highest BCUT2D eigenvalue weighted by molar-refractivity contribution is 5.72. The number of carbonyl (C=O) groups excluding carboxylic acids is 1. The molecule has 34 heavy (non-hydrogen) atoms. The van der Waals surface area contributed by atoms with Crippen molar-refractivity contribution < 1.29 is 18.8 Å². The molecule has 0 amide bonds. The Morgan fingerprint density at radius 2 is 1.44 bits per heavy atom. The Morgan fingerprint density at radius 3 is 2.09 bits per heavy atom. The summed E-state index contributed by atoms with van der Waals surface area (Å²) in [6.07, 6.45) is 9.75. The number of rotatable bonds is 16. The summed E-state index contributed by atoms with van der Waals surface area (Å²) >= 11 is 0. The molecule has 4 heteroatoms.